The largest absolute Gasteiger partial charge is 0.416 e. The number of benzene rings is 3. The van der Waals surface area contributed by atoms with E-state index in [-0.39, 0.29) is 11.9 Å². The average molecular weight is 466 g/mol. The fourth-order valence-electron chi connectivity index (χ4n) is 3.44. The lowest BCUT2D eigenvalue weighted by Crippen LogP contribution is -2.31. The molecular weight excluding hydrogens is 442 g/mol. The maximum absolute atomic E-state index is 13.3. The lowest BCUT2D eigenvalue weighted by atomic mass is 10.0. The summed E-state index contributed by atoms with van der Waals surface area (Å²) in [6.07, 6.45) is -4.28. The van der Waals surface area contributed by atoms with Crippen molar-refractivity contribution >= 4 is 11.6 Å². The van der Waals surface area contributed by atoms with E-state index in [1.807, 2.05) is 19.1 Å². The van der Waals surface area contributed by atoms with Crippen LogP contribution in [0.2, 0.25) is 5.02 Å². The quantitative estimate of drug-likeness (QED) is 0.276. The second kappa shape index (κ2) is 10.9. The van der Waals surface area contributed by atoms with Crippen molar-refractivity contribution in [2.24, 2.45) is 0 Å². The van der Waals surface area contributed by atoms with E-state index in [1.54, 1.807) is 30.3 Å². The van der Waals surface area contributed by atoms with Gasteiger partial charge in [-0.1, -0.05) is 54.1 Å². The summed E-state index contributed by atoms with van der Waals surface area (Å²) in [6, 6.07) is 18.7. The minimum Gasteiger partial charge on any atom is -0.367 e. The fourth-order valence-corrected chi connectivity index (χ4v) is 3.57. The Balaban J connectivity index is 1.56. The summed E-state index contributed by atoms with van der Waals surface area (Å²) in [4.78, 5) is 0. The molecule has 0 aliphatic heterocycles. The Bertz CT molecular complexity index is 945. The van der Waals surface area contributed by atoms with E-state index < -0.39 is 17.8 Å². The summed E-state index contributed by atoms with van der Waals surface area (Å²) in [5, 5.41) is 3.89. The highest BCUT2D eigenvalue weighted by Gasteiger charge is 2.30. The predicted octanol–water partition coefficient (Wildman–Crippen LogP) is 6.82. The molecule has 0 spiro atoms. The third-order valence-electron chi connectivity index (χ3n) is 5.02. The van der Waals surface area contributed by atoms with E-state index >= 15 is 0 Å². The number of rotatable bonds is 9. The number of hydrogen-bond acceptors (Lipinski definition) is 2. The second-order valence-corrected chi connectivity index (χ2v) is 8.05. The van der Waals surface area contributed by atoms with Crippen LogP contribution in [0.25, 0.3) is 0 Å². The Kier molecular flexibility index (Phi) is 8.29. The van der Waals surface area contributed by atoms with Crippen molar-refractivity contribution in [3.63, 3.8) is 0 Å². The van der Waals surface area contributed by atoms with Crippen LogP contribution in [0.4, 0.5) is 17.6 Å². The van der Waals surface area contributed by atoms with Gasteiger partial charge in [-0.15, -0.1) is 0 Å². The van der Waals surface area contributed by atoms with Gasteiger partial charge in [-0.3, -0.25) is 0 Å². The minimum absolute atomic E-state index is 0.0399. The van der Waals surface area contributed by atoms with Crippen LogP contribution in [0.5, 0.6) is 0 Å². The molecule has 0 fully saturated rings. The molecule has 0 aromatic heterocycles. The first-order valence-electron chi connectivity index (χ1n) is 10.2. The predicted molar refractivity (Wildman–Crippen MR) is 118 cm³/mol. The first-order valence-corrected chi connectivity index (χ1v) is 10.6. The van der Waals surface area contributed by atoms with Crippen molar-refractivity contribution < 1.29 is 22.3 Å². The molecule has 0 saturated heterocycles. The first kappa shape index (κ1) is 24.2. The molecule has 0 bridgehead atoms. The number of nitrogens with one attached hydrogen (secondary N) is 1. The molecule has 7 heteroatoms. The monoisotopic (exact) mass is 465 g/mol. The molecule has 170 valence electrons. The summed E-state index contributed by atoms with van der Waals surface area (Å²) >= 11 is 5.98. The molecule has 2 nitrogen and oxygen atoms in total. The number of hydrogen-bond donors (Lipinski definition) is 1. The Hall–Kier alpha value is -2.41. The van der Waals surface area contributed by atoms with E-state index in [4.69, 9.17) is 16.3 Å². The highest BCUT2D eigenvalue weighted by Crippen LogP contribution is 2.30. The first-order chi connectivity index (χ1) is 15.2. The second-order valence-electron chi connectivity index (χ2n) is 7.61. The van der Waals surface area contributed by atoms with Gasteiger partial charge in [0.05, 0.1) is 12.2 Å². The van der Waals surface area contributed by atoms with Gasteiger partial charge in [-0.05, 0) is 60.4 Å². The maximum atomic E-state index is 13.3. The normalized spacial score (nSPS) is 13.7. The highest BCUT2D eigenvalue weighted by atomic mass is 35.5. The van der Waals surface area contributed by atoms with Crippen LogP contribution in [-0.4, -0.2) is 19.2 Å². The molecule has 0 aliphatic rings. The topological polar surface area (TPSA) is 21.3 Å². The SMILES string of the molecule is CC(Cc1cccc(C(F)(F)F)c1)NCCOC(c1ccc(F)cc1)c1ccc(Cl)cc1. The molecule has 1 N–H and O–H groups in total. The van der Waals surface area contributed by atoms with Gasteiger partial charge in [-0.2, -0.15) is 13.2 Å². The lowest BCUT2D eigenvalue weighted by Gasteiger charge is -2.21. The van der Waals surface area contributed by atoms with Gasteiger partial charge >= 0.3 is 6.18 Å². The van der Waals surface area contributed by atoms with Crippen molar-refractivity contribution in [1.29, 1.82) is 0 Å². The lowest BCUT2D eigenvalue weighted by molar-refractivity contribution is -0.137. The van der Waals surface area contributed by atoms with Crippen LogP contribution in [0.15, 0.2) is 72.8 Å². The van der Waals surface area contributed by atoms with E-state index in [1.165, 1.54) is 24.3 Å². The highest BCUT2D eigenvalue weighted by molar-refractivity contribution is 6.30. The van der Waals surface area contributed by atoms with Crippen LogP contribution in [0.3, 0.4) is 0 Å². The van der Waals surface area contributed by atoms with Crippen LogP contribution in [0.1, 0.15) is 35.3 Å². The van der Waals surface area contributed by atoms with Gasteiger partial charge < -0.3 is 10.1 Å². The fraction of sp³-hybridized carbons (Fsp3) is 0.280. The van der Waals surface area contributed by atoms with Crippen LogP contribution in [-0.2, 0) is 17.3 Å². The molecule has 2 atom stereocenters. The Morgan fingerprint density at radius 3 is 2.19 bits per heavy atom. The van der Waals surface area contributed by atoms with E-state index in [2.05, 4.69) is 5.32 Å². The minimum atomic E-state index is -4.35. The third kappa shape index (κ3) is 7.05. The number of ether oxygens (including phenoxy) is 1. The summed E-state index contributed by atoms with van der Waals surface area (Å²) < 4.78 is 58.1. The summed E-state index contributed by atoms with van der Waals surface area (Å²) in [6.45, 7) is 2.78. The van der Waals surface area contributed by atoms with Gasteiger partial charge in [-0.25, -0.2) is 4.39 Å². The van der Waals surface area contributed by atoms with Gasteiger partial charge in [0, 0.05) is 17.6 Å². The van der Waals surface area contributed by atoms with Crippen LogP contribution < -0.4 is 5.32 Å². The molecule has 0 saturated carbocycles. The van der Waals surface area contributed by atoms with Gasteiger partial charge in [0.15, 0.2) is 0 Å². The molecule has 32 heavy (non-hydrogen) atoms. The number of halogens is 5. The van der Waals surface area contributed by atoms with Crippen molar-refractivity contribution in [1.82, 2.24) is 5.32 Å². The van der Waals surface area contributed by atoms with Crippen LogP contribution in [0, 0.1) is 5.82 Å². The van der Waals surface area contributed by atoms with E-state index in [0.717, 1.165) is 17.2 Å². The summed E-state index contributed by atoms with van der Waals surface area (Å²) in [5.41, 5.74) is 1.67. The van der Waals surface area contributed by atoms with Gasteiger partial charge in [0.25, 0.3) is 0 Å². The van der Waals surface area contributed by atoms with Crippen molar-refractivity contribution in [2.45, 2.75) is 31.7 Å². The van der Waals surface area contributed by atoms with Crippen LogP contribution >= 0.6 is 11.6 Å². The maximum Gasteiger partial charge on any atom is 0.416 e. The zero-order valence-corrected chi connectivity index (χ0v) is 18.3. The summed E-state index contributed by atoms with van der Waals surface area (Å²) in [5.74, 6) is -0.325. The Morgan fingerprint density at radius 1 is 0.938 bits per heavy atom. The van der Waals surface area contributed by atoms with Crippen molar-refractivity contribution in [2.75, 3.05) is 13.2 Å². The van der Waals surface area contributed by atoms with Crippen molar-refractivity contribution in [3.05, 3.63) is 106 Å². The third-order valence-corrected chi connectivity index (χ3v) is 5.27. The Labute approximate surface area is 190 Å². The van der Waals surface area contributed by atoms with E-state index in [0.29, 0.717) is 30.2 Å². The van der Waals surface area contributed by atoms with Gasteiger partial charge in [0.2, 0.25) is 0 Å². The standard InChI is InChI=1S/C25H24ClF4NO/c1-17(15-18-3-2-4-21(16-18)25(28,29)30)31-13-14-32-24(19-5-9-22(26)10-6-19)20-7-11-23(27)12-8-20/h2-12,16-17,24,31H,13-15H2,1H3. The van der Waals surface area contributed by atoms with Crippen molar-refractivity contribution in [3.8, 4) is 0 Å². The zero-order chi connectivity index (χ0) is 23.1. The average Bonchev–Trinajstić information content (AvgIpc) is 2.75. The molecule has 0 radical (unpaired) electrons. The Morgan fingerprint density at radius 2 is 1.56 bits per heavy atom. The molecule has 0 amide bonds. The molecule has 0 heterocycles. The zero-order valence-electron chi connectivity index (χ0n) is 17.5. The molecule has 2 unspecified atom stereocenters. The smallest absolute Gasteiger partial charge is 0.367 e. The number of alkyl halides is 3. The molecule has 0 aliphatic carbocycles. The molecule has 3 aromatic carbocycles. The van der Waals surface area contributed by atoms with Gasteiger partial charge in [0.1, 0.15) is 11.9 Å². The molecule has 3 aromatic rings. The molecular formula is C25H24ClF4NO. The summed E-state index contributed by atoms with van der Waals surface area (Å²) in [7, 11) is 0. The molecule has 3 rings (SSSR count). The van der Waals surface area contributed by atoms with E-state index in [9.17, 15) is 17.6 Å².